The van der Waals surface area contributed by atoms with Crippen LogP contribution >= 0.6 is 23.4 Å². The highest BCUT2D eigenvalue weighted by molar-refractivity contribution is 7.98. The summed E-state index contributed by atoms with van der Waals surface area (Å²) in [4.78, 5) is 25.9. The molecule has 1 aromatic heterocycles. The van der Waals surface area contributed by atoms with Gasteiger partial charge in [-0.1, -0.05) is 23.7 Å². The molecule has 6 heteroatoms. The first-order valence-electron chi connectivity index (χ1n) is 6.86. The van der Waals surface area contributed by atoms with Gasteiger partial charge in [0.1, 0.15) is 5.69 Å². The number of H-pyrrole nitrogens is 1. The van der Waals surface area contributed by atoms with E-state index in [2.05, 4.69) is 10.3 Å². The molecule has 0 saturated carbocycles. The number of hydrogen-bond acceptors (Lipinski definition) is 3. The van der Waals surface area contributed by atoms with Crippen molar-refractivity contribution >= 4 is 35.1 Å². The molecule has 2 rings (SSSR count). The maximum Gasteiger partial charge on any atom is 0.267 e. The van der Waals surface area contributed by atoms with Crippen molar-refractivity contribution in [1.29, 1.82) is 0 Å². The van der Waals surface area contributed by atoms with Crippen molar-refractivity contribution in [2.75, 3.05) is 12.3 Å². The number of halogens is 1. The minimum Gasteiger partial charge on any atom is -0.356 e. The Morgan fingerprint density at radius 1 is 1.27 bits per heavy atom. The van der Waals surface area contributed by atoms with Gasteiger partial charge in [0.25, 0.3) is 5.91 Å². The Balaban J connectivity index is 1.68. The first kappa shape index (κ1) is 16.6. The van der Waals surface area contributed by atoms with Crippen molar-refractivity contribution in [1.82, 2.24) is 10.3 Å². The van der Waals surface area contributed by atoms with Gasteiger partial charge in [-0.3, -0.25) is 9.59 Å². The number of Topliss-reactive ketones (excluding diaryl/α,β-unsaturated/α-hetero) is 1. The Kier molecular flexibility index (Phi) is 6.10. The lowest BCUT2D eigenvalue weighted by molar-refractivity contribution is 0.0951. The van der Waals surface area contributed by atoms with Gasteiger partial charge in [-0.05, 0) is 30.7 Å². The first-order valence-corrected chi connectivity index (χ1v) is 8.39. The van der Waals surface area contributed by atoms with Gasteiger partial charge in [0.2, 0.25) is 0 Å². The molecule has 0 radical (unpaired) electrons. The van der Waals surface area contributed by atoms with E-state index in [1.54, 1.807) is 24.0 Å². The number of benzene rings is 1. The number of hydrogen-bond donors (Lipinski definition) is 2. The number of aromatic nitrogens is 1. The fraction of sp³-hybridized carbons (Fsp3) is 0.250. The predicted octanol–water partition coefficient (Wildman–Crippen LogP) is 3.53. The SMILES string of the molecule is CC(=O)c1c[nH]c(C(=O)NCCSCc2ccc(Cl)cc2)c1. The summed E-state index contributed by atoms with van der Waals surface area (Å²) < 4.78 is 0. The second kappa shape index (κ2) is 8.06. The van der Waals surface area contributed by atoms with Crippen molar-refractivity contribution < 1.29 is 9.59 Å². The number of amides is 1. The van der Waals surface area contributed by atoms with Gasteiger partial charge < -0.3 is 10.3 Å². The molecule has 0 aliphatic rings. The summed E-state index contributed by atoms with van der Waals surface area (Å²) in [6.07, 6.45) is 1.55. The molecular weight excluding hydrogens is 320 g/mol. The minimum absolute atomic E-state index is 0.0613. The molecule has 22 heavy (non-hydrogen) atoms. The third-order valence-electron chi connectivity index (χ3n) is 3.05. The lowest BCUT2D eigenvalue weighted by Crippen LogP contribution is -2.26. The van der Waals surface area contributed by atoms with Gasteiger partial charge in [0.05, 0.1) is 0 Å². The molecule has 0 unspecified atom stereocenters. The molecule has 1 heterocycles. The summed E-state index contributed by atoms with van der Waals surface area (Å²) in [6, 6.07) is 9.30. The zero-order valence-electron chi connectivity index (χ0n) is 12.2. The van der Waals surface area contributed by atoms with E-state index in [0.29, 0.717) is 17.8 Å². The van der Waals surface area contributed by atoms with Gasteiger partial charge >= 0.3 is 0 Å². The van der Waals surface area contributed by atoms with Crippen LogP contribution in [0.25, 0.3) is 0 Å². The minimum atomic E-state index is -0.195. The molecule has 0 atom stereocenters. The summed E-state index contributed by atoms with van der Waals surface area (Å²) in [6.45, 7) is 2.05. The third-order valence-corrected chi connectivity index (χ3v) is 4.33. The number of ketones is 1. The van der Waals surface area contributed by atoms with Crippen LogP contribution in [0.1, 0.15) is 33.3 Å². The monoisotopic (exact) mass is 336 g/mol. The van der Waals surface area contributed by atoms with Crippen LogP contribution in [0.15, 0.2) is 36.5 Å². The molecule has 0 aliphatic heterocycles. The van der Waals surface area contributed by atoms with Crippen LogP contribution in [-0.4, -0.2) is 29.0 Å². The zero-order valence-corrected chi connectivity index (χ0v) is 13.8. The molecule has 0 bridgehead atoms. The Bertz CT molecular complexity index is 652. The Morgan fingerprint density at radius 3 is 2.64 bits per heavy atom. The van der Waals surface area contributed by atoms with Crippen LogP contribution in [0.5, 0.6) is 0 Å². The molecule has 116 valence electrons. The molecule has 1 aromatic carbocycles. The van der Waals surface area contributed by atoms with Crippen molar-refractivity contribution in [2.24, 2.45) is 0 Å². The van der Waals surface area contributed by atoms with Crippen molar-refractivity contribution in [3.05, 3.63) is 58.4 Å². The number of aromatic amines is 1. The molecule has 4 nitrogen and oxygen atoms in total. The van der Waals surface area contributed by atoms with E-state index in [4.69, 9.17) is 11.6 Å². The number of thioether (sulfide) groups is 1. The van der Waals surface area contributed by atoms with Crippen molar-refractivity contribution in [3.63, 3.8) is 0 Å². The van der Waals surface area contributed by atoms with Crippen molar-refractivity contribution in [2.45, 2.75) is 12.7 Å². The van der Waals surface area contributed by atoms with Gasteiger partial charge in [-0.25, -0.2) is 0 Å². The fourth-order valence-electron chi connectivity index (χ4n) is 1.83. The molecule has 2 N–H and O–H groups in total. The number of carbonyl (C=O) groups is 2. The van der Waals surface area contributed by atoms with Gasteiger partial charge in [0, 0.05) is 34.8 Å². The lowest BCUT2D eigenvalue weighted by Gasteiger charge is -2.04. The van der Waals surface area contributed by atoms with Crippen LogP contribution in [0, 0.1) is 0 Å². The highest BCUT2D eigenvalue weighted by atomic mass is 35.5. The Labute approximate surface area is 138 Å². The third kappa shape index (κ3) is 4.93. The summed E-state index contributed by atoms with van der Waals surface area (Å²) in [5, 5.41) is 3.56. The molecule has 0 spiro atoms. The van der Waals surface area contributed by atoms with Crippen LogP contribution in [0.3, 0.4) is 0 Å². The van der Waals surface area contributed by atoms with Crippen LogP contribution in [0.2, 0.25) is 5.02 Å². The average Bonchev–Trinajstić information content (AvgIpc) is 2.99. The molecular formula is C16H17ClN2O2S. The summed E-state index contributed by atoms with van der Waals surface area (Å²) >= 11 is 7.57. The van der Waals surface area contributed by atoms with E-state index in [-0.39, 0.29) is 11.7 Å². The highest BCUT2D eigenvalue weighted by Crippen LogP contribution is 2.15. The molecule has 2 aromatic rings. The molecule has 0 saturated heterocycles. The largest absolute Gasteiger partial charge is 0.356 e. The van der Waals surface area contributed by atoms with Gasteiger partial charge in [-0.2, -0.15) is 11.8 Å². The second-order valence-electron chi connectivity index (χ2n) is 4.79. The summed E-state index contributed by atoms with van der Waals surface area (Å²) in [5.74, 6) is 1.44. The maximum absolute atomic E-state index is 11.9. The van der Waals surface area contributed by atoms with Crippen LogP contribution in [0.4, 0.5) is 0 Å². The van der Waals surface area contributed by atoms with Gasteiger partial charge in [-0.15, -0.1) is 0 Å². The number of rotatable bonds is 7. The second-order valence-corrected chi connectivity index (χ2v) is 6.33. The number of carbonyl (C=O) groups excluding carboxylic acids is 2. The lowest BCUT2D eigenvalue weighted by atomic mass is 10.2. The molecule has 0 aliphatic carbocycles. The van der Waals surface area contributed by atoms with E-state index in [9.17, 15) is 9.59 Å². The predicted molar refractivity (Wildman–Crippen MR) is 90.7 cm³/mol. The average molecular weight is 337 g/mol. The smallest absolute Gasteiger partial charge is 0.267 e. The van der Waals surface area contributed by atoms with E-state index in [1.807, 2.05) is 24.3 Å². The molecule has 0 fully saturated rings. The summed E-state index contributed by atoms with van der Waals surface area (Å²) in [7, 11) is 0. The quantitative estimate of drug-likeness (QED) is 0.600. The zero-order chi connectivity index (χ0) is 15.9. The standard InChI is InChI=1S/C16H17ClN2O2S/c1-11(20)13-8-15(19-9-13)16(21)18-6-7-22-10-12-2-4-14(17)5-3-12/h2-5,8-9,19H,6-7,10H2,1H3,(H,18,21). The Morgan fingerprint density at radius 2 is 2.00 bits per heavy atom. The first-order chi connectivity index (χ1) is 10.6. The van der Waals surface area contributed by atoms with Crippen LogP contribution < -0.4 is 5.32 Å². The normalized spacial score (nSPS) is 10.5. The molecule has 1 amide bonds. The van der Waals surface area contributed by atoms with E-state index in [1.165, 1.54) is 12.5 Å². The topological polar surface area (TPSA) is 62.0 Å². The van der Waals surface area contributed by atoms with Gasteiger partial charge in [0.15, 0.2) is 5.78 Å². The Hall–Kier alpha value is -1.72. The number of nitrogens with one attached hydrogen (secondary N) is 2. The van der Waals surface area contributed by atoms with E-state index in [0.717, 1.165) is 16.5 Å². The van der Waals surface area contributed by atoms with Crippen molar-refractivity contribution in [3.8, 4) is 0 Å². The maximum atomic E-state index is 11.9. The fourth-order valence-corrected chi connectivity index (χ4v) is 2.78. The van der Waals surface area contributed by atoms with E-state index >= 15 is 0 Å². The highest BCUT2D eigenvalue weighted by Gasteiger charge is 2.09. The van der Waals surface area contributed by atoms with E-state index < -0.39 is 0 Å². The van der Waals surface area contributed by atoms with Crippen LogP contribution in [-0.2, 0) is 5.75 Å². The summed E-state index contributed by atoms with van der Waals surface area (Å²) in [5.41, 5.74) is 2.13.